The molecule has 46 heavy (non-hydrogen) atoms. The molecule has 3 N–H and O–H groups in total. The first kappa shape index (κ1) is 29.8. The molecule has 0 radical (unpaired) electrons. The van der Waals surface area contributed by atoms with Crippen LogP contribution in [0.25, 0.3) is 28.2 Å². The van der Waals surface area contributed by atoms with Gasteiger partial charge in [0, 0.05) is 48.6 Å². The standard InChI is InChI=1S/C35H31N7O4/c1-41-22-26(21-38-41)30-13-15-35(44)42(40-30)18-19-45-33-16-17-37-32-20-27(11-12-28(32)33)46-23-25-8-6-24(7-9-25)10-14-34(43)39-31-5-3-2-4-29(31)36/h2-17,20-22H,18-19,23,36H2,1H3,(H,39,43). The van der Waals surface area contributed by atoms with Crippen molar-refractivity contribution < 1.29 is 14.3 Å². The molecule has 0 spiro atoms. The van der Waals surface area contributed by atoms with E-state index in [0.717, 1.165) is 27.6 Å². The molecule has 3 aromatic heterocycles. The van der Waals surface area contributed by atoms with Crippen molar-refractivity contribution >= 4 is 34.3 Å². The van der Waals surface area contributed by atoms with Crippen LogP contribution >= 0.6 is 0 Å². The summed E-state index contributed by atoms with van der Waals surface area (Å²) in [6, 6.07) is 25.5. The number of pyridine rings is 1. The average Bonchev–Trinajstić information content (AvgIpc) is 3.51. The molecule has 6 aromatic rings. The van der Waals surface area contributed by atoms with Gasteiger partial charge in [-0.2, -0.15) is 10.2 Å². The Kier molecular flexibility index (Phi) is 8.82. The summed E-state index contributed by atoms with van der Waals surface area (Å²) < 4.78 is 15.2. The molecular formula is C35H31N7O4. The van der Waals surface area contributed by atoms with Gasteiger partial charge in [-0.25, -0.2) is 4.68 Å². The molecule has 11 heteroatoms. The maximum absolute atomic E-state index is 12.4. The van der Waals surface area contributed by atoms with Crippen LogP contribution in [0.5, 0.6) is 11.5 Å². The SMILES string of the molecule is Cn1cc(-c2ccc(=O)n(CCOc3ccnc4cc(OCc5ccc(C=CC(=O)Nc6ccccc6N)cc5)ccc34)n2)cn1. The normalized spacial score (nSPS) is 11.2. The van der Waals surface area contributed by atoms with E-state index < -0.39 is 0 Å². The number of anilines is 2. The van der Waals surface area contributed by atoms with Gasteiger partial charge in [-0.15, -0.1) is 0 Å². The second-order valence-electron chi connectivity index (χ2n) is 10.5. The van der Waals surface area contributed by atoms with Crippen molar-refractivity contribution in [1.29, 1.82) is 0 Å². The van der Waals surface area contributed by atoms with Crippen LogP contribution in [-0.4, -0.2) is 37.1 Å². The van der Waals surface area contributed by atoms with Gasteiger partial charge in [0.2, 0.25) is 5.91 Å². The van der Waals surface area contributed by atoms with Crippen molar-refractivity contribution in [3.8, 4) is 22.8 Å². The molecule has 6 rings (SSSR count). The lowest BCUT2D eigenvalue weighted by Crippen LogP contribution is -2.25. The average molecular weight is 614 g/mol. The van der Waals surface area contributed by atoms with Crippen molar-refractivity contribution in [2.24, 2.45) is 7.05 Å². The molecule has 0 aliphatic heterocycles. The number of nitrogen functional groups attached to an aromatic ring is 1. The molecule has 3 heterocycles. The van der Waals surface area contributed by atoms with Crippen molar-refractivity contribution in [2.45, 2.75) is 13.2 Å². The zero-order valence-corrected chi connectivity index (χ0v) is 25.0. The molecule has 0 saturated carbocycles. The summed E-state index contributed by atoms with van der Waals surface area (Å²) in [5.74, 6) is 1.06. The number of hydrogen-bond acceptors (Lipinski definition) is 8. The van der Waals surface area contributed by atoms with E-state index in [1.807, 2.05) is 67.8 Å². The monoisotopic (exact) mass is 613 g/mol. The molecule has 1 amide bonds. The highest BCUT2D eigenvalue weighted by Crippen LogP contribution is 2.28. The number of amides is 1. The summed E-state index contributed by atoms with van der Waals surface area (Å²) in [6.45, 7) is 0.889. The number of aromatic nitrogens is 5. The number of fused-ring (bicyclic) bond motifs is 1. The number of benzene rings is 3. The number of ether oxygens (including phenoxy) is 2. The molecule has 0 unspecified atom stereocenters. The summed E-state index contributed by atoms with van der Waals surface area (Å²) in [6.07, 6.45) is 8.43. The molecule has 0 saturated heterocycles. The third-order valence-corrected chi connectivity index (χ3v) is 7.13. The Morgan fingerprint density at radius 3 is 2.65 bits per heavy atom. The van der Waals surface area contributed by atoms with E-state index in [-0.39, 0.29) is 24.6 Å². The molecule has 0 bridgehead atoms. The predicted octanol–water partition coefficient (Wildman–Crippen LogP) is 5.08. The van der Waals surface area contributed by atoms with Gasteiger partial charge in [0.15, 0.2) is 0 Å². The number of nitrogens with one attached hydrogen (secondary N) is 1. The first-order valence-electron chi connectivity index (χ1n) is 14.6. The number of para-hydroxylation sites is 2. The van der Waals surface area contributed by atoms with Crippen molar-refractivity contribution in [3.63, 3.8) is 0 Å². The number of carbonyl (C=O) groups excluding carboxylic acids is 1. The van der Waals surface area contributed by atoms with Crippen LogP contribution in [0.2, 0.25) is 0 Å². The molecule has 0 aliphatic carbocycles. The van der Waals surface area contributed by atoms with Gasteiger partial charge in [0.05, 0.1) is 35.3 Å². The third kappa shape index (κ3) is 7.28. The molecule has 0 aliphatic rings. The van der Waals surface area contributed by atoms with E-state index in [2.05, 4.69) is 20.5 Å². The number of hydrogen-bond donors (Lipinski definition) is 2. The van der Waals surface area contributed by atoms with Gasteiger partial charge >= 0.3 is 0 Å². The highest BCUT2D eigenvalue weighted by Gasteiger charge is 2.09. The molecule has 230 valence electrons. The second kappa shape index (κ2) is 13.6. The van der Waals surface area contributed by atoms with Gasteiger partial charge in [-0.05, 0) is 53.6 Å². The Balaban J connectivity index is 1.03. The summed E-state index contributed by atoms with van der Waals surface area (Å²) in [5.41, 5.74) is 10.8. The van der Waals surface area contributed by atoms with Crippen molar-refractivity contribution in [3.05, 3.63) is 131 Å². The summed E-state index contributed by atoms with van der Waals surface area (Å²) in [4.78, 5) is 29.1. The lowest BCUT2D eigenvalue weighted by atomic mass is 10.1. The van der Waals surface area contributed by atoms with Crippen LogP contribution in [0.1, 0.15) is 11.1 Å². The van der Waals surface area contributed by atoms with E-state index in [4.69, 9.17) is 15.2 Å². The fraction of sp³-hybridized carbons (Fsp3) is 0.114. The number of aryl methyl sites for hydroxylation is 1. The maximum Gasteiger partial charge on any atom is 0.266 e. The number of rotatable bonds is 11. The smallest absolute Gasteiger partial charge is 0.266 e. The highest BCUT2D eigenvalue weighted by atomic mass is 16.5. The Bertz CT molecular complexity index is 2080. The van der Waals surface area contributed by atoms with E-state index in [9.17, 15) is 9.59 Å². The Morgan fingerprint density at radius 1 is 1.00 bits per heavy atom. The molecule has 3 aromatic carbocycles. The fourth-order valence-corrected chi connectivity index (χ4v) is 4.72. The molecule has 11 nitrogen and oxygen atoms in total. The van der Waals surface area contributed by atoms with Crippen molar-refractivity contribution in [2.75, 3.05) is 17.7 Å². The van der Waals surface area contributed by atoms with E-state index >= 15 is 0 Å². The van der Waals surface area contributed by atoms with Gasteiger partial charge in [0.25, 0.3) is 5.56 Å². The van der Waals surface area contributed by atoms with Crippen molar-refractivity contribution in [1.82, 2.24) is 24.5 Å². The van der Waals surface area contributed by atoms with Crippen LogP contribution in [0.4, 0.5) is 11.4 Å². The van der Waals surface area contributed by atoms with Gasteiger partial charge in [-0.3, -0.25) is 19.3 Å². The largest absolute Gasteiger partial charge is 0.491 e. The highest BCUT2D eigenvalue weighted by molar-refractivity contribution is 6.03. The van der Waals surface area contributed by atoms with Crippen LogP contribution in [0.15, 0.2) is 114 Å². The van der Waals surface area contributed by atoms with Gasteiger partial charge in [0.1, 0.15) is 24.7 Å². The van der Waals surface area contributed by atoms with Gasteiger partial charge in [-0.1, -0.05) is 36.4 Å². The minimum Gasteiger partial charge on any atom is -0.491 e. The van der Waals surface area contributed by atoms with E-state index in [1.54, 1.807) is 47.4 Å². The molecule has 0 atom stereocenters. The first-order valence-corrected chi connectivity index (χ1v) is 14.6. The minimum atomic E-state index is -0.261. The van der Waals surface area contributed by atoms with E-state index in [0.29, 0.717) is 35.2 Å². The molecular weight excluding hydrogens is 582 g/mol. The topological polar surface area (TPSA) is 139 Å². The lowest BCUT2D eigenvalue weighted by molar-refractivity contribution is -0.111. The third-order valence-electron chi connectivity index (χ3n) is 7.13. The predicted molar refractivity (Wildman–Crippen MR) is 177 cm³/mol. The Morgan fingerprint density at radius 2 is 1.85 bits per heavy atom. The van der Waals surface area contributed by atoms with Crippen LogP contribution in [-0.2, 0) is 25.0 Å². The number of nitrogens with two attached hydrogens (primary N) is 1. The Labute approximate surface area is 264 Å². The zero-order chi connectivity index (χ0) is 31.9. The van der Waals surface area contributed by atoms with E-state index in [1.165, 1.54) is 16.8 Å². The first-order chi connectivity index (χ1) is 22.4. The summed E-state index contributed by atoms with van der Waals surface area (Å²) in [5, 5.41) is 12.2. The van der Waals surface area contributed by atoms with Crippen LogP contribution in [0.3, 0.4) is 0 Å². The van der Waals surface area contributed by atoms with Crippen LogP contribution < -0.4 is 26.1 Å². The quantitative estimate of drug-likeness (QED) is 0.152. The lowest BCUT2D eigenvalue weighted by Gasteiger charge is -2.12. The molecule has 0 fully saturated rings. The second-order valence-corrected chi connectivity index (χ2v) is 10.5. The maximum atomic E-state index is 12.4. The summed E-state index contributed by atoms with van der Waals surface area (Å²) in [7, 11) is 1.83. The Hall–Kier alpha value is -6.23. The zero-order valence-electron chi connectivity index (χ0n) is 25.0. The number of carbonyl (C=O) groups is 1. The minimum absolute atomic E-state index is 0.207. The number of nitrogens with zero attached hydrogens (tertiary/aromatic N) is 5. The summed E-state index contributed by atoms with van der Waals surface area (Å²) >= 11 is 0. The van der Waals surface area contributed by atoms with Gasteiger partial charge < -0.3 is 20.5 Å². The fourth-order valence-electron chi connectivity index (χ4n) is 4.72. The van der Waals surface area contributed by atoms with Crippen LogP contribution in [0, 0.1) is 0 Å².